The van der Waals surface area contributed by atoms with E-state index in [-0.39, 0.29) is 11.1 Å². The molecule has 1 N–H and O–H groups in total. The highest BCUT2D eigenvalue weighted by molar-refractivity contribution is 5.82. The molecule has 0 aromatic heterocycles. The second-order valence-electron chi connectivity index (χ2n) is 5.85. The highest BCUT2D eigenvalue weighted by atomic mass is 19.1. The van der Waals surface area contributed by atoms with Gasteiger partial charge in [-0.15, -0.1) is 0 Å². The minimum Gasteiger partial charge on any atom is -0.376 e. The second kappa shape index (κ2) is 4.74. The molecule has 1 nitrogen and oxygen atoms in total. The summed E-state index contributed by atoms with van der Waals surface area (Å²) < 4.78 is 29.2. The molecule has 0 saturated heterocycles. The zero-order chi connectivity index (χ0) is 16.2. The van der Waals surface area contributed by atoms with Crippen LogP contribution in [0.3, 0.4) is 0 Å². The summed E-state index contributed by atoms with van der Waals surface area (Å²) in [6.45, 7) is 1.83. The Morgan fingerprint density at radius 1 is 0.739 bits per heavy atom. The number of rotatable bonds is 1. The third kappa shape index (κ3) is 1.74. The van der Waals surface area contributed by atoms with Crippen LogP contribution in [-0.2, 0) is 5.60 Å². The molecule has 3 aromatic carbocycles. The van der Waals surface area contributed by atoms with Crippen LogP contribution in [0.1, 0.15) is 22.3 Å². The molecule has 0 aliphatic heterocycles. The molecule has 0 heterocycles. The van der Waals surface area contributed by atoms with Gasteiger partial charge in [0.25, 0.3) is 0 Å². The van der Waals surface area contributed by atoms with Gasteiger partial charge >= 0.3 is 0 Å². The Morgan fingerprint density at radius 2 is 1.26 bits per heavy atom. The average molecular weight is 308 g/mol. The number of fused-ring (bicyclic) bond motifs is 3. The number of halogens is 2. The summed E-state index contributed by atoms with van der Waals surface area (Å²) in [5.41, 5.74) is 0.752. The first-order chi connectivity index (χ1) is 11.0. The van der Waals surface area contributed by atoms with Gasteiger partial charge in [-0.3, -0.25) is 0 Å². The molecule has 1 aliphatic carbocycles. The van der Waals surface area contributed by atoms with Crippen LogP contribution >= 0.6 is 0 Å². The van der Waals surface area contributed by atoms with E-state index in [4.69, 9.17) is 0 Å². The van der Waals surface area contributed by atoms with Crippen molar-refractivity contribution in [1.82, 2.24) is 0 Å². The molecular formula is C20H14F2O. The Balaban J connectivity index is 2.19. The highest BCUT2D eigenvalue weighted by Crippen LogP contribution is 2.53. The van der Waals surface area contributed by atoms with Crippen LogP contribution in [0.4, 0.5) is 8.78 Å². The van der Waals surface area contributed by atoms with Gasteiger partial charge in [0.1, 0.15) is 17.2 Å². The number of aryl methyl sites for hydroxylation is 1. The molecule has 1 aliphatic rings. The standard InChI is InChI=1S/C20H14F2O/c1-12-6-2-3-9-15(12)20(23)18-13(7-4-10-16(18)21)14-8-5-11-17(22)19(14)20/h2-11,23H,1H3. The van der Waals surface area contributed by atoms with Crippen molar-refractivity contribution in [2.24, 2.45) is 0 Å². The summed E-state index contributed by atoms with van der Waals surface area (Å²) in [7, 11) is 0. The normalized spacial score (nSPS) is 14.4. The van der Waals surface area contributed by atoms with Gasteiger partial charge < -0.3 is 5.11 Å². The lowest BCUT2D eigenvalue weighted by Crippen LogP contribution is -2.29. The van der Waals surface area contributed by atoms with E-state index in [9.17, 15) is 13.9 Å². The SMILES string of the molecule is Cc1ccccc1C1(O)c2c(F)cccc2-c2cccc(F)c21. The topological polar surface area (TPSA) is 20.2 Å². The van der Waals surface area contributed by atoms with Crippen LogP contribution in [-0.4, -0.2) is 5.11 Å². The molecule has 0 atom stereocenters. The Morgan fingerprint density at radius 3 is 1.78 bits per heavy atom. The van der Waals surface area contributed by atoms with E-state index >= 15 is 0 Å². The van der Waals surface area contributed by atoms with Crippen LogP contribution in [0.5, 0.6) is 0 Å². The minimum absolute atomic E-state index is 0.120. The number of aliphatic hydroxyl groups is 1. The zero-order valence-corrected chi connectivity index (χ0v) is 12.5. The molecule has 3 aromatic rings. The van der Waals surface area contributed by atoms with E-state index in [1.807, 2.05) is 19.1 Å². The first-order valence-corrected chi connectivity index (χ1v) is 7.42. The fraction of sp³-hybridized carbons (Fsp3) is 0.100. The van der Waals surface area contributed by atoms with E-state index in [0.29, 0.717) is 16.7 Å². The van der Waals surface area contributed by atoms with Crippen LogP contribution in [0.2, 0.25) is 0 Å². The molecule has 0 bridgehead atoms. The van der Waals surface area contributed by atoms with Gasteiger partial charge in [-0.05, 0) is 41.3 Å². The summed E-state index contributed by atoms with van der Waals surface area (Å²) >= 11 is 0. The van der Waals surface area contributed by atoms with E-state index in [1.165, 1.54) is 12.1 Å². The van der Waals surface area contributed by atoms with Gasteiger partial charge in [0.15, 0.2) is 0 Å². The van der Waals surface area contributed by atoms with Crippen molar-refractivity contribution in [3.8, 4) is 11.1 Å². The lowest BCUT2D eigenvalue weighted by atomic mass is 9.81. The van der Waals surface area contributed by atoms with Crippen molar-refractivity contribution in [2.45, 2.75) is 12.5 Å². The summed E-state index contributed by atoms with van der Waals surface area (Å²) in [4.78, 5) is 0. The van der Waals surface area contributed by atoms with Crippen molar-refractivity contribution in [2.75, 3.05) is 0 Å². The van der Waals surface area contributed by atoms with Gasteiger partial charge in [-0.1, -0.05) is 48.5 Å². The third-order valence-corrected chi connectivity index (χ3v) is 4.58. The van der Waals surface area contributed by atoms with Gasteiger partial charge in [-0.25, -0.2) is 8.78 Å². The monoisotopic (exact) mass is 308 g/mol. The molecule has 0 amide bonds. The molecule has 0 unspecified atom stereocenters. The molecule has 114 valence electrons. The smallest absolute Gasteiger partial charge is 0.147 e. The number of hydrogen-bond donors (Lipinski definition) is 1. The quantitative estimate of drug-likeness (QED) is 0.700. The summed E-state index contributed by atoms with van der Waals surface area (Å²) in [5, 5.41) is 11.5. The molecule has 3 heteroatoms. The van der Waals surface area contributed by atoms with E-state index in [2.05, 4.69) is 0 Å². The van der Waals surface area contributed by atoms with Crippen LogP contribution in [0.15, 0.2) is 60.7 Å². The van der Waals surface area contributed by atoms with Crippen molar-refractivity contribution in [1.29, 1.82) is 0 Å². The van der Waals surface area contributed by atoms with Crippen LogP contribution in [0.25, 0.3) is 11.1 Å². The largest absolute Gasteiger partial charge is 0.376 e. The summed E-state index contributed by atoms with van der Waals surface area (Å²) in [5.74, 6) is -1.08. The zero-order valence-electron chi connectivity index (χ0n) is 12.5. The van der Waals surface area contributed by atoms with Gasteiger partial charge in [0, 0.05) is 11.1 Å². The van der Waals surface area contributed by atoms with Gasteiger partial charge in [0.05, 0.1) is 0 Å². The number of hydrogen-bond acceptors (Lipinski definition) is 1. The first kappa shape index (κ1) is 14.1. The molecular weight excluding hydrogens is 294 g/mol. The predicted octanol–water partition coefficient (Wildman–Crippen LogP) is 4.54. The molecule has 4 rings (SSSR count). The number of benzene rings is 3. The molecule has 0 radical (unpaired) electrons. The third-order valence-electron chi connectivity index (χ3n) is 4.58. The Hall–Kier alpha value is -2.52. The maximum absolute atomic E-state index is 14.6. The molecule has 0 saturated carbocycles. The van der Waals surface area contributed by atoms with Gasteiger partial charge in [0.2, 0.25) is 0 Å². The predicted molar refractivity (Wildman–Crippen MR) is 85.1 cm³/mol. The van der Waals surface area contributed by atoms with E-state index < -0.39 is 17.2 Å². The molecule has 0 spiro atoms. The van der Waals surface area contributed by atoms with Crippen LogP contribution in [0, 0.1) is 18.6 Å². The van der Waals surface area contributed by atoms with E-state index in [1.54, 1.807) is 36.4 Å². The highest BCUT2D eigenvalue weighted by Gasteiger charge is 2.47. The molecule has 23 heavy (non-hydrogen) atoms. The van der Waals surface area contributed by atoms with Crippen molar-refractivity contribution in [3.63, 3.8) is 0 Å². The Kier molecular flexibility index (Phi) is 2.90. The van der Waals surface area contributed by atoms with E-state index in [0.717, 1.165) is 5.56 Å². The second-order valence-corrected chi connectivity index (χ2v) is 5.85. The fourth-order valence-corrected chi connectivity index (χ4v) is 3.61. The van der Waals surface area contributed by atoms with Crippen molar-refractivity contribution < 1.29 is 13.9 Å². The summed E-state index contributed by atoms with van der Waals surface area (Å²) in [6, 6.07) is 16.3. The first-order valence-electron chi connectivity index (χ1n) is 7.42. The Labute approximate surface area is 132 Å². The van der Waals surface area contributed by atoms with Crippen LogP contribution < -0.4 is 0 Å². The summed E-state index contributed by atoms with van der Waals surface area (Å²) in [6.07, 6.45) is 0. The van der Waals surface area contributed by atoms with Crippen molar-refractivity contribution >= 4 is 0 Å². The minimum atomic E-state index is -1.83. The van der Waals surface area contributed by atoms with Gasteiger partial charge in [-0.2, -0.15) is 0 Å². The maximum atomic E-state index is 14.6. The fourth-order valence-electron chi connectivity index (χ4n) is 3.61. The maximum Gasteiger partial charge on any atom is 0.147 e. The Bertz CT molecular complexity index is 879. The van der Waals surface area contributed by atoms with Crippen molar-refractivity contribution in [3.05, 3.63) is 94.6 Å². The lowest BCUT2D eigenvalue weighted by molar-refractivity contribution is 0.121. The molecule has 0 fully saturated rings. The average Bonchev–Trinajstić information content (AvgIpc) is 2.80. The lowest BCUT2D eigenvalue weighted by Gasteiger charge is -2.28.